The minimum atomic E-state index is 0.0133. The predicted octanol–water partition coefficient (Wildman–Crippen LogP) is 3.40. The van der Waals surface area contributed by atoms with Gasteiger partial charge in [-0.15, -0.1) is 26.6 Å². The average molecular weight is 421 g/mol. The van der Waals surface area contributed by atoms with Gasteiger partial charge in [-0.3, -0.25) is 4.79 Å². The standard InChI is InChI=1S/C22H24N6OS/c1-16-12-14-30-18(16)11-13-23-22(29)10-9-21-26-25-20-8-7-19(27-28(20)21)24-15-17-5-3-2-4-6-17/h2-8,12,14H,9-11,13,15H2,1H3,(H,23,29)(H,24,27). The van der Waals surface area contributed by atoms with Crippen LogP contribution in [0.5, 0.6) is 0 Å². The van der Waals surface area contributed by atoms with Crippen molar-refractivity contribution >= 4 is 28.7 Å². The molecule has 3 aromatic heterocycles. The Morgan fingerprint density at radius 2 is 1.93 bits per heavy atom. The number of rotatable bonds is 9. The second-order valence-electron chi connectivity index (χ2n) is 7.07. The Kier molecular flexibility index (Phi) is 6.34. The van der Waals surface area contributed by atoms with E-state index in [2.05, 4.69) is 56.4 Å². The van der Waals surface area contributed by atoms with Gasteiger partial charge in [-0.05, 0) is 48.1 Å². The molecule has 1 aromatic carbocycles. The second kappa shape index (κ2) is 9.49. The quantitative estimate of drug-likeness (QED) is 0.434. The van der Waals surface area contributed by atoms with E-state index in [4.69, 9.17) is 0 Å². The van der Waals surface area contributed by atoms with Crippen LogP contribution in [-0.2, 0) is 24.2 Å². The molecule has 0 atom stereocenters. The highest BCUT2D eigenvalue weighted by atomic mass is 32.1. The summed E-state index contributed by atoms with van der Waals surface area (Å²) < 4.78 is 1.70. The monoisotopic (exact) mass is 420 g/mol. The molecular weight excluding hydrogens is 396 g/mol. The van der Waals surface area contributed by atoms with Gasteiger partial charge in [0.15, 0.2) is 11.5 Å². The molecule has 4 aromatic rings. The molecule has 0 aliphatic rings. The molecule has 0 aliphatic carbocycles. The van der Waals surface area contributed by atoms with Gasteiger partial charge in [-0.2, -0.15) is 4.52 Å². The Labute approximate surface area is 179 Å². The first-order chi connectivity index (χ1) is 14.7. The molecule has 154 valence electrons. The lowest BCUT2D eigenvalue weighted by Gasteiger charge is -2.07. The van der Waals surface area contributed by atoms with Crippen molar-refractivity contribution in [2.75, 3.05) is 11.9 Å². The number of hydrogen-bond acceptors (Lipinski definition) is 6. The fraction of sp³-hybridized carbons (Fsp3) is 0.273. The maximum Gasteiger partial charge on any atom is 0.220 e. The van der Waals surface area contributed by atoms with Crippen LogP contribution in [0.3, 0.4) is 0 Å². The number of nitrogens with one attached hydrogen (secondary N) is 2. The van der Waals surface area contributed by atoms with Gasteiger partial charge in [0.2, 0.25) is 5.91 Å². The van der Waals surface area contributed by atoms with E-state index in [9.17, 15) is 4.79 Å². The van der Waals surface area contributed by atoms with Crippen LogP contribution in [-0.4, -0.2) is 32.3 Å². The summed E-state index contributed by atoms with van der Waals surface area (Å²) in [5, 5.41) is 21.3. The molecule has 2 N–H and O–H groups in total. The van der Waals surface area contributed by atoms with Gasteiger partial charge in [0.1, 0.15) is 5.82 Å². The summed E-state index contributed by atoms with van der Waals surface area (Å²) in [6.45, 7) is 3.43. The maximum absolute atomic E-state index is 12.2. The van der Waals surface area contributed by atoms with Crippen LogP contribution in [0.1, 0.15) is 28.2 Å². The third-order valence-corrected chi connectivity index (χ3v) is 5.94. The van der Waals surface area contributed by atoms with Crippen molar-refractivity contribution in [3.05, 3.63) is 75.7 Å². The first kappa shape index (κ1) is 20.0. The highest BCUT2D eigenvalue weighted by Crippen LogP contribution is 2.15. The molecule has 1 amide bonds. The molecule has 0 saturated carbocycles. The molecule has 0 aliphatic heterocycles. The number of hydrogen-bond donors (Lipinski definition) is 2. The number of fused-ring (bicyclic) bond motifs is 1. The molecule has 0 unspecified atom stereocenters. The smallest absolute Gasteiger partial charge is 0.220 e. The number of carbonyl (C=O) groups is 1. The van der Waals surface area contributed by atoms with E-state index in [0.29, 0.717) is 37.4 Å². The lowest BCUT2D eigenvalue weighted by molar-refractivity contribution is -0.121. The number of anilines is 1. The van der Waals surface area contributed by atoms with Gasteiger partial charge >= 0.3 is 0 Å². The average Bonchev–Trinajstić information content (AvgIpc) is 3.37. The summed E-state index contributed by atoms with van der Waals surface area (Å²) in [5.41, 5.74) is 3.13. The lowest BCUT2D eigenvalue weighted by Crippen LogP contribution is -2.26. The molecular formula is C22H24N6OS. The number of benzene rings is 1. The molecule has 0 spiro atoms. The van der Waals surface area contributed by atoms with Crippen molar-refractivity contribution in [3.8, 4) is 0 Å². The summed E-state index contributed by atoms with van der Waals surface area (Å²) in [6, 6.07) is 16.0. The van der Waals surface area contributed by atoms with E-state index in [-0.39, 0.29) is 5.91 Å². The molecule has 3 heterocycles. The zero-order valence-electron chi connectivity index (χ0n) is 16.8. The molecule has 7 nitrogen and oxygen atoms in total. The first-order valence-corrected chi connectivity index (χ1v) is 10.9. The van der Waals surface area contributed by atoms with Gasteiger partial charge < -0.3 is 10.6 Å². The fourth-order valence-corrected chi connectivity index (χ4v) is 4.07. The molecule has 0 saturated heterocycles. The Morgan fingerprint density at radius 1 is 1.07 bits per heavy atom. The maximum atomic E-state index is 12.2. The van der Waals surface area contributed by atoms with Crippen LogP contribution in [0.4, 0.5) is 5.82 Å². The Hall–Kier alpha value is -3.26. The van der Waals surface area contributed by atoms with Gasteiger partial charge in [0.05, 0.1) is 0 Å². The minimum absolute atomic E-state index is 0.0133. The van der Waals surface area contributed by atoms with Crippen LogP contribution in [0, 0.1) is 6.92 Å². The van der Waals surface area contributed by atoms with E-state index < -0.39 is 0 Å². The number of carbonyl (C=O) groups excluding carboxylic acids is 1. The summed E-state index contributed by atoms with van der Waals surface area (Å²) in [5.74, 6) is 1.43. The molecule has 0 radical (unpaired) electrons. The highest BCUT2D eigenvalue weighted by Gasteiger charge is 2.10. The Balaban J connectivity index is 1.31. The first-order valence-electron chi connectivity index (χ1n) is 9.98. The third-order valence-electron chi connectivity index (χ3n) is 4.86. The van der Waals surface area contributed by atoms with E-state index in [1.165, 1.54) is 16.0 Å². The van der Waals surface area contributed by atoms with E-state index >= 15 is 0 Å². The van der Waals surface area contributed by atoms with Gasteiger partial charge in [0.25, 0.3) is 0 Å². The van der Waals surface area contributed by atoms with Crippen LogP contribution >= 0.6 is 11.3 Å². The lowest BCUT2D eigenvalue weighted by atomic mass is 10.2. The van der Waals surface area contributed by atoms with Gasteiger partial charge in [0, 0.05) is 30.8 Å². The van der Waals surface area contributed by atoms with E-state index in [0.717, 1.165) is 12.2 Å². The SMILES string of the molecule is Cc1ccsc1CCNC(=O)CCc1nnc2ccc(NCc3ccccc3)nn12. The largest absolute Gasteiger partial charge is 0.365 e. The van der Waals surface area contributed by atoms with Crippen LogP contribution < -0.4 is 10.6 Å². The Morgan fingerprint density at radius 3 is 2.73 bits per heavy atom. The van der Waals surface area contributed by atoms with Crippen molar-refractivity contribution in [2.24, 2.45) is 0 Å². The molecule has 0 bridgehead atoms. The normalized spacial score (nSPS) is 11.0. The molecule has 30 heavy (non-hydrogen) atoms. The minimum Gasteiger partial charge on any atom is -0.365 e. The molecule has 4 rings (SSSR count). The van der Waals surface area contributed by atoms with Gasteiger partial charge in [-0.25, -0.2) is 0 Å². The predicted molar refractivity (Wildman–Crippen MR) is 119 cm³/mol. The number of aryl methyl sites for hydroxylation is 2. The molecule has 8 heteroatoms. The summed E-state index contributed by atoms with van der Waals surface area (Å²) in [6.07, 6.45) is 1.70. The Bertz CT molecular complexity index is 1120. The van der Waals surface area contributed by atoms with Crippen molar-refractivity contribution in [3.63, 3.8) is 0 Å². The number of aromatic nitrogens is 4. The topological polar surface area (TPSA) is 84.2 Å². The van der Waals surface area contributed by atoms with Crippen molar-refractivity contribution in [1.82, 2.24) is 25.1 Å². The third kappa shape index (κ3) is 5.01. The van der Waals surface area contributed by atoms with Crippen LogP contribution in [0.2, 0.25) is 0 Å². The number of nitrogens with zero attached hydrogens (tertiary/aromatic N) is 4. The van der Waals surface area contributed by atoms with Crippen molar-refractivity contribution in [1.29, 1.82) is 0 Å². The van der Waals surface area contributed by atoms with Crippen LogP contribution in [0.25, 0.3) is 5.65 Å². The number of amides is 1. The zero-order valence-corrected chi connectivity index (χ0v) is 17.7. The fourth-order valence-electron chi connectivity index (χ4n) is 3.16. The zero-order chi connectivity index (χ0) is 20.8. The van der Waals surface area contributed by atoms with E-state index in [1.807, 2.05) is 30.3 Å². The summed E-state index contributed by atoms with van der Waals surface area (Å²) in [7, 11) is 0. The van der Waals surface area contributed by atoms with Crippen LogP contribution in [0.15, 0.2) is 53.9 Å². The van der Waals surface area contributed by atoms with Crippen molar-refractivity contribution in [2.45, 2.75) is 32.7 Å². The number of thiophene rings is 1. The van der Waals surface area contributed by atoms with E-state index in [1.54, 1.807) is 15.9 Å². The second-order valence-corrected chi connectivity index (χ2v) is 8.07. The summed E-state index contributed by atoms with van der Waals surface area (Å²) in [4.78, 5) is 13.5. The highest BCUT2D eigenvalue weighted by molar-refractivity contribution is 7.10. The summed E-state index contributed by atoms with van der Waals surface area (Å²) >= 11 is 1.73. The van der Waals surface area contributed by atoms with Crippen molar-refractivity contribution < 1.29 is 4.79 Å². The molecule has 0 fully saturated rings. The van der Waals surface area contributed by atoms with Gasteiger partial charge in [-0.1, -0.05) is 30.3 Å².